The molecular formula is C10H6N2O6. The first-order valence-corrected chi connectivity index (χ1v) is 5.15. The Balaban J connectivity index is 2.24. The Kier molecular flexibility index (Phi) is 1.79. The average molecular weight is 250 g/mol. The molecular weight excluding hydrogens is 244 g/mol. The number of rotatable bonds is 2. The number of nitro benzene ring substituents is 2. The van der Waals surface area contributed by atoms with Gasteiger partial charge in [0.05, 0.1) is 21.5 Å². The van der Waals surface area contributed by atoms with Crippen LogP contribution in [0.3, 0.4) is 0 Å². The van der Waals surface area contributed by atoms with Gasteiger partial charge in [-0.2, -0.15) is 0 Å². The normalized spacial score (nSPS) is 18.3. The second kappa shape index (κ2) is 3.03. The molecule has 1 aromatic carbocycles. The highest BCUT2D eigenvalue weighted by Gasteiger charge is 2.59. The van der Waals surface area contributed by atoms with Crippen molar-refractivity contribution in [2.75, 3.05) is 0 Å². The predicted molar refractivity (Wildman–Crippen MR) is 56.7 cm³/mol. The van der Waals surface area contributed by atoms with Crippen molar-refractivity contribution >= 4 is 17.2 Å². The molecule has 2 aliphatic rings. The molecule has 0 amide bonds. The quantitative estimate of drug-likeness (QED) is 0.582. The van der Waals surface area contributed by atoms with Gasteiger partial charge in [0, 0.05) is 6.07 Å². The van der Waals surface area contributed by atoms with Crippen molar-refractivity contribution in [1.82, 2.24) is 0 Å². The van der Waals surface area contributed by atoms with Gasteiger partial charge in [-0.05, 0) is 12.8 Å². The van der Waals surface area contributed by atoms with Crippen LogP contribution in [0.25, 0.3) is 0 Å². The molecule has 0 saturated heterocycles. The number of nitro groups is 2. The Hall–Kier alpha value is -2.51. The number of non-ortho nitro benzene ring substituents is 1. The standard InChI is InChI=1S/C10H6N2O6/c13-9-6-3-5(11(14)15)4-7(12(16)17)8(6)18-10(9)1-2-10/h3-4H,1-2H2. The van der Waals surface area contributed by atoms with Gasteiger partial charge in [-0.25, -0.2) is 0 Å². The highest BCUT2D eigenvalue weighted by molar-refractivity contribution is 6.10. The summed E-state index contributed by atoms with van der Waals surface area (Å²) < 4.78 is 5.33. The van der Waals surface area contributed by atoms with Crippen LogP contribution in [0, 0.1) is 20.2 Å². The van der Waals surface area contributed by atoms with Crippen molar-refractivity contribution in [3.05, 3.63) is 37.9 Å². The number of ketones is 1. The van der Waals surface area contributed by atoms with Crippen LogP contribution >= 0.6 is 0 Å². The van der Waals surface area contributed by atoms with E-state index >= 15 is 0 Å². The minimum atomic E-state index is -0.998. The molecule has 1 aliphatic heterocycles. The van der Waals surface area contributed by atoms with E-state index in [4.69, 9.17) is 4.74 Å². The van der Waals surface area contributed by atoms with Crippen LogP contribution in [0.15, 0.2) is 12.1 Å². The Morgan fingerprint density at radius 2 is 1.83 bits per heavy atom. The van der Waals surface area contributed by atoms with Gasteiger partial charge in [0.15, 0.2) is 5.60 Å². The molecule has 8 heteroatoms. The molecule has 0 radical (unpaired) electrons. The number of carbonyl (C=O) groups is 1. The molecule has 1 aromatic rings. The van der Waals surface area contributed by atoms with E-state index in [9.17, 15) is 25.0 Å². The van der Waals surface area contributed by atoms with Gasteiger partial charge in [-0.15, -0.1) is 0 Å². The van der Waals surface area contributed by atoms with Gasteiger partial charge in [0.25, 0.3) is 5.69 Å². The van der Waals surface area contributed by atoms with Crippen LogP contribution in [0.4, 0.5) is 11.4 Å². The molecule has 1 spiro atoms. The maximum atomic E-state index is 12.0. The number of hydrogen-bond acceptors (Lipinski definition) is 6. The van der Waals surface area contributed by atoms with Crippen molar-refractivity contribution in [2.24, 2.45) is 0 Å². The summed E-state index contributed by atoms with van der Waals surface area (Å²) in [4.78, 5) is 32.0. The first kappa shape index (κ1) is 10.6. The highest BCUT2D eigenvalue weighted by Crippen LogP contribution is 2.53. The number of fused-ring (bicyclic) bond motifs is 1. The van der Waals surface area contributed by atoms with E-state index in [2.05, 4.69) is 0 Å². The first-order chi connectivity index (χ1) is 8.44. The largest absolute Gasteiger partial charge is 0.471 e. The lowest BCUT2D eigenvalue weighted by molar-refractivity contribution is -0.394. The highest BCUT2D eigenvalue weighted by atomic mass is 16.6. The van der Waals surface area contributed by atoms with Crippen molar-refractivity contribution < 1.29 is 19.4 Å². The lowest BCUT2D eigenvalue weighted by Gasteiger charge is -2.04. The summed E-state index contributed by atoms with van der Waals surface area (Å²) in [5.74, 6) is -0.544. The van der Waals surface area contributed by atoms with Gasteiger partial charge >= 0.3 is 5.69 Å². The minimum absolute atomic E-state index is 0.0617. The average Bonchev–Trinajstić information content (AvgIpc) is 3.02. The van der Waals surface area contributed by atoms with E-state index in [0.29, 0.717) is 12.8 Å². The zero-order chi connectivity index (χ0) is 13.1. The summed E-state index contributed by atoms with van der Waals surface area (Å²) in [7, 11) is 0. The number of Topliss-reactive ketones (excluding diaryl/α,β-unsaturated/α-hetero) is 1. The lowest BCUT2D eigenvalue weighted by Crippen LogP contribution is -2.21. The van der Waals surface area contributed by atoms with E-state index < -0.39 is 32.6 Å². The van der Waals surface area contributed by atoms with Crippen molar-refractivity contribution in [3.8, 4) is 5.75 Å². The Labute approximate surface area is 99.5 Å². The van der Waals surface area contributed by atoms with Crippen LogP contribution in [0.2, 0.25) is 0 Å². The fourth-order valence-electron chi connectivity index (χ4n) is 2.05. The molecule has 1 saturated carbocycles. The zero-order valence-corrected chi connectivity index (χ0v) is 8.91. The van der Waals surface area contributed by atoms with Crippen molar-refractivity contribution in [3.63, 3.8) is 0 Å². The number of nitrogens with zero attached hydrogens (tertiary/aromatic N) is 2. The maximum absolute atomic E-state index is 12.0. The molecule has 1 heterocycles. The third-order valence-electron chi connectivity index (χ3n) is 3.12. The predicted octanol–water partition coefficient (Wildman–Crippen LogP) is 1.61. The fraction of sp³-hybridized carbons (Fsp3) is 0.300. The van der Waals surface area contributed by atoms with Gasteiger partial charge in [0.2, 0.25) is 11.5 Å². The molecule has 0 atom stereocenters. The van der Waals surface area contributed by atoms with Gasteiger partial charge in [-0.1, -0.05) is 0 Å². The van der Waals surface area contributed by atoms with Crippen LogP contribution in [0.5, 0.6) is 5.75 Å². The van der Waals surface area contributed by atoms with Crippen molar-refractivity contribution in [2.45, 2.75) is 18.4 Å². The van der Waals surface area contributed by atoms with Crippen LogP contribution in [-0.4, -0.2) is 21.2 Å². The fourth-order valence-corrected chi connectivity index (χ4v) is 2.05. The smallest absolute Gasteiger partial charge is 0.318 e. The van der Waals surface area contributed by atoms with Crippen LogP contribution in [-0.2, 0) is 0 Å². The molecule has 0 N–H and O–H groups in total. The topological polar surface area (TPSA) is 113 Å². The second-order valence-electron chi connectivity index (χ2n) is 4.28. The summed E-state index contributed by atoms with van der Waals surface area (Å²) in [5, 5.41) is 21.6. The molecule has 18 heavy (non-hydrogen) atoms. The Bertz CT molecular complexity index is 619. The van der Waals surface area contributed by atoms with Gasteiger partial charge < -0.3 is 4.74 Å². The van der Waals surface area contributed by atoms with E-state index in [-0.39, 0.29) is 11.3 Å². The Morgan fingerprint density at radius 3 is 2.33 bits per heavy atom. The molecule has 0 bridgehead atoms. The van der Waals surface area contributed by atoms with Crippen LogP contribution < -0.4 is 4.74 Å². The molecule has 8 nitrogen and oxygen atoms in total. The summed E-state index contributed by atoms with van der Waals surface area (Å²) in [6, 6.07) is 1.85. The molecule has 1 aliphatic carbocycles. The van der Waals surface area contributed by atoms with E-state index in [1.54, 1.807) is 0 Å². The third kappa shape index (κ3) is 1.22. The van der Waals surface area contributed by atoms with Crippen molar-refractivity contribution in [1.29, 1.82) is 0 Å². The SMILES string of the molecule is O=C1c2cc([N+](=O)[O-])cc([N+](=O)[O-])c2OC12CC2. The van der Waals surface area contributed by atoms with E-state index in [1.807, 2.05) is 0 Å². The maximum Gasteiger partial charge on any atom is 0.318 e. The van der Waals surface area contributed by atoms with Gasteiger partial charge in [0.1, 0.15) is 0 Å². The van der Waals surface area contributed by atoms with Crippen LogP contribution in [0.1, 0.15) is 23.2 Å². The number of carbonyl (C=O) groups excluding carboxylic acids is 1. The van der Waals surface area contributed by atoms with Gasteiger partial charge in [-0.3, -0.25) is 25.0 Å². The number of hydrogen-bond donors (Lipinski definition) is 0. The molecule has 1 fully saturated rings. The minimum Gasteiger partial charge on any atom is -0.471 e. The summed E-state index contributed by atoms with van der Waals surface area (Å²) >= 11 is 0. The second-order valence-corrected chi connectivity index (χ2v) is 4.28. The molecule has 0 unspecified atom stereocenters. The number of ether oxygens (including phenoxy) is 1. The summed E-state index contributed by atoms with van der Waals surface area (Å²) in [5.41, 5.74) is -2.07. The number of benzene rings is 1. The Morgan fingerprint density at radius 1 is 1.17 bits per heavy atom. The molecule has 3 rings (SSSR count). The first-order valence-electron chi connectivity index (χ1n) is 5.15. The lowest BCUT2D eigenvalue weighted by atomic mass is 10.1. The molecule has 92 valence electrons. The summed E-state index contributed by atoms with van der Waals surface area (Å²) in [6.07, 6.45) is 0.983. The summed E-state index contributed by atoms with van der Waals surface area (Å²) in [6.45, 7) is 0. The third-order valence-corrected chi connectivity index (χ3v) is 3.12. The monoisotopic (exact) mass is 250 g/mol. The van der Waals surface area contributed by atoms with E-state index in [1.165, 1.54) is 0 Å². The zero-order valence-electron chi connectivity index (χ0n) is 8.91. The van der Waals surface area contributed by atoms with E-state index in [0.717, 1.165) is 12.1 Å². The molecule has 0 aromatic heterocycles.